The molecule has 0 saturated carbocycles. The summed E-state index contributed by atoms with van der Waals surface area (Å²) in [6.45, 7) is 0.452. The highest BCUT2D eigenvalue weighted by atomic mass is 16.2. The maximum atomic E-state index is 11.9. The van der Waals surface area contributed by atoms with Crippen LogP contribution in [-0.2, 0) is 4.79 Å². The number of para-hydroxylation sites is 1. The van der Waals surface area contributed by atoms with Gasteiger partial charge in [0.1, 0.15) is 0 Å². The summed E-state index contributed by atoms with van der Waals surface area (Å²) in [4.78, 5) is 27.7. The molecule has 2 N–H and O–H groups in total. The Bertz CT molecular complexity index is 670. The van der Waals surface area contributed by atoms with Gasteiger partial charge in [-0.05, 0) is 30.2 Å². The summed E-state index contributed by atoms with van der Waals surface area (Å²) in [7, 11) is 0. The van der Waals surface area contributed by atoms with E-state index in [4.69, 9.17) is 0 Å². The van der Waals surface area contributed by atoms with Crippen LogP contribution in [0.1, 0.15) is 28.3 Å². The molecular formula is C16H15N3O2. The molecule has 1 aromatic heterocycles. The lowest BCUT2D eigenvalue weighted by molar-refractivity contribution is -0.117. The van der Waals surface area contributed by atoms with Crippen molar-refractivity contribution >= 4 is 17.5 Å². The van der Waals surface area contributed by atoms with Crippen molar-refractivity contribution in [1.29, 1.82) is 0 Å². The van der Waals surface area contributed by atoms with E-state index in [1.54, 1.807) is 24.5 Å². The first-order chi connectivity index (χ1) is 10.3. The smallest absolute Gasteiger partial charge is 0.251 e. The molecule has 0 fully saturated rings. The summed E-state index contributed by atoms with van der Waals surface area (Å²) in [5, 5.41) is 5.69. The van der Waals surface area contributed by atoms with Crippen molar-refractivity contribution in [2.75, 3.05) is 11.9 Å². The van der Waals surface area contributed by atoms with Crippen LogP contribution in [0.2, 0.25) is 0 Å². The van der Waals surface area contributed by atoms with Gasteiger partial charge in [0.25, 0.3) is 5.91 Å². The third-order valence-electron chi connectivity index (χ3n) is 3.57. The number of nitrogens with zero attached hydrogens (tertiary/aromatic N) is 1. The lowest BCUT2D eigenvalue weighted by atomic mass is 9.97. The molecule has 2 aromatic rings. The van der Waals surface area contributed by atoms with Crippen molar-refractivity contribution in [2.24, 2.45) is 0 Å². The van der Waals surface area contributed by atoms with Gasteiger partial charge in [0, 0.05) is 30.2 Å². The van der Waals surface area contributed by atoms with E-state index in [1.807, 2.05) is 24.3 Å². The molecule has 0 bridgehead atoms. The van der Waals surface area contributed by atoms with E-state index in [-0.39, 0.29) is 17.7 Å². The molecule has 0 radical (unpaired) electrons. The zero-order valence-corrected chi connectivity index (χ0v) is 11.4. The minimum atomic E-state index is -0.195. The van der Waals surface area contributed by atoms with Crippen molar-refractivity contribution in [1.82, 2.24) is 10.3 Å². The Morgan fingerprint density at radius 3 is 2.76 bits per heavy atom. The Morgan fingerprint density at radius 1 is 1.19 bits per heavy atom. The van der Waals surface area contributed by atoms with Crippen LogP contribution in [0.5, 0.6) is 0 Å². The average molecular weight is 281 g/mol. The number of benzene rings is 1. The normalized spacial score (nSPS) is 16.2. The predicted octanol–water partition coefficient (Wildman–Crippen LogP) is 1.94. The third-order valence-corrected chi connectivity index (χ3v) is 3.57. The SMILES string of the molecule is O=C(NCCC1C(=O)Nc2ccccc21)c1ccncc1. The summed E-state index contributed by atoms with van der Waals surface area (Å²) in [5.41, 5.74) is 2.44. The maximum absolute atomic E-state index is 11.9. The maximum Gasteiger partial charge on any atom is 0.251 e. The van der Waals surface area contributed by atoms with Crippen molar-refractivity contribution in [2.45, 2.75) is 12.3 Å². The standard InChI is InChI=1S/C16H15N3O2/c20-15(11-5-8-17-9-6-11)18-10-7-13-12-3-1-2-4-14(12)19-16(13)21/h1-6,8-9,13H,7,10H2,(H,18,20)(H,19,21). The van der Waals surface area contributed by atoms with Crippen molar-refractivity contribution in [3.05, 3.63) is 59.9 Å². The molecule has 1 aromatic carbocycles. The van der Waals surface area contributed by atoms with Crippen LogP contribution in [-0.4, -0.2) is 23.3 Å². The topological polar surface area (TPSA) is 71.1 Å². The highest BCUT2D eigenvalue weighted by Crippen LogP contribution is 2.33. The fourth-order valence-corrected chi connectivity index (χ4v) is 2.50. The molecule has 1 aliphatic heterocycles. The Morgan fingerprint density at radius 2 is 1.95 bits per heavy atom. The first-order valence-corrected chi connectivity index (χ1v) is 6.84. The van der Waals surface area contributed by atoms with Crippen molar-refractivity contribution < 1.29 is 9.59 Å². The molecule has 0 spiro atoms. The van der Waals surface area contributed by atoms with E-state index >= 15 is 0 Å². The number of anilines is 1. The van der Waals surface area contributed by atoms with E-state index in [0.717, 1.165) is 11.3 Å². The van der Waals surface area contributed by atoms with Crippen molar-refractivity contribution in [3.8, 4) is 0 Å². The minimum Gasteiger partial charge on any atom is -0.352 e. The molecule has 0 aliphatic carbocycles. The van der Waals surface area contributed by atoms with Gasteiger partial charge >= 0.3 is 0 Å². The Labute approximate surface area is 122 Å². The number of aromatic nitrogens is 1. The molecule has 3 rings (SSSR count). The van der Waals surface area contributed by atoms with Gasteiger partial charge in [-0.3, -0.25) is 14.6 Å². The van der Waals surface area contributed by atoms with E-state index in [1.165, 1.54) is 0 Å². The van der Waals surface area contributed by atoms with Gasteiger partial charge in [-0.15, -0.1) is 0 Å². The van der Waals surface area contributed by atoms with E-state index < -0.39 is 0 Å². The second-order valence-corrected chi connectivity index (χ2v) is 4.91. The Hall–Kier alpha value is -2.69. The van der Waals surface area contributed by atoms with Crippen LogP contribution in [0.25, 0.3) is 0 Å². The summed E-state index contributed by atoms with van der Waals surface area (Å²) >= 11 is 0. The number of carbonyl (C=O) groups is 2. The number of hydrogen-bond acceptors (Lipinski definition) is 3. The predicted molar refractivity (Wildman–Crippen MR) is 79.0 cm³/mol. The highest BCUT2D eigenvalue weighted by Gasteiger charge is 2.29. The highest BCUT2D eigenvalue weighted by molar-refractivity contribution is 6.02. The molecule has 1 unspecified atom stereocenters. The number of nitrogens with one attached hydrogen (secondary N) is 2. The molecular weight excluding hydrogens is 266 g/mol. The van der Waals surface area contributed by atoms with Crippen molar-refractivity contribution in [3.63, 3.8) is 0 Å². The van der Waals surface area contributed by atoms with Gasteiger partial charge in [-0.1, -0.05) is 18.2 Å². The van der Waals surface area contributed by atoms with Crippen LogP contribution in [0.3, 0.4) is 0 Å². The second kappa shape index (κ2) is 5.75. The summed E-state index contributed by atoms with van der Waals surface area (Å²) < 4.78 is 0. The first kappa shape index (κ1) is 13.3. The average Bonchev–Trinajstić information content (AvgIpc) is 2.84. The van der Waals surface area contributed by atoms with Gasteiger partial charge in [-0.25, -0.2) is 0 Å². The monoisotopic (exact) mass is 281 g/mol. The third kappa shape index (κ3) is 2.76. The molecule has 0 saturated heterocycles. The lowest BCUT2D eigenvalue weighted by Gasteiger charge is -2.09. The lowest BCUT2D eigenvalue weighted by Crippen LogP contribution is -2.26. The fourth-order valence-electron chi connectivity index (χ4n) is 2.50. The first-order valence-electron chi connectivity index (χ1n) is 6.84. The zero-order valence-electron chi connectivity index (χ0n) is 11.4. The Balaban J connectivity index is 1.59. The van der Waals surface area contributed by atoms with Crippen LogP contribution >= 0.6 is 0 Å². The van der Waals surface area contributed by atoms with Crippen LogP contribution in [0.15, 0.2) is 48.8 Å². The molecule has 1 atom stereocenters. The molecule has 2 heterocycles. The van der Waals surface area contributed by atoms with E-state index in [2.05, 4.69) is 15.6 Å². The molecule has 5 heteroatoms. The number of fused-ring (bicyclic) bond motifs is 1. The summed E-state index contributed by atoms with van der Waals surface area (Å²) in [6, 6.07) is 11.0. The van der Waals surface area contributed by atoms with Gasteiger partial charge in [-0.2, -0.15) is 0 Å². The summed E-state index contributed by atoms with van der Waals surface area (Å²) in [5.74, 6) is -0.350. The van der Waals surface area contributed by atoms with Crippen LogP contribution in [0, 0.1) is 0 Å². The molecule has 5 nitrogen and oxygen atoms in total. The number of pyridine rings is 1. The number of hydrogen-bond donors (Lipinski definition) is 2. The molecule has 1 aliphatic rings. The van der Waals surface area contributed by atoms with Gasteiger partial charge in [0.2, 0.25) is 5.91 Å². The van der Waals surface area contributed by atoms with Crippen LogP contribution < -0.4 is 10.6 Å². The van der Waals surface area contributed by atoms with E-state index in [0.29, 0.717) is 18.5 Å². The van der Waals surface area contributed by atoms with Gasteiger partial charge in [0.05, 0.1) is 5.92 Å². The number of rotatable bonds is 4. The molecule has 2 amide bonds. The van der Waals surface area contributed by atoms with Gasteiger partial charge < -0.3 is 10.6 Å². The Kier molecular flexibility index (Phi) is 3.64. The van der Waals surface area contributed by atoms with E-state index in [9.17, 15) is 9.59 Å². The molecule has 21 heavy (non-hydrogen) atoms. The summed E-state index contributed by atoms with van der Waals surface area (Å²) in [6.07, 6.45) is 3.74. The largest absolute Gasteiger partial charge is 0.352 e. The minimum absolute atomic E-state index is 0.00522. The second-order valence-electron chi connectivity index (χ2n) is 4.91. The zero-order chi connectivity index (χ0) is 14.7. The number of amides is 2. The fraction of sp³-hybridized carbons (Fsp3) is 0.188. The quantitative estimate of drug-likeness (QED) is 0.899. The van der Waals surface area contributed by atoms with Crippen LogP contribution in [0.4, 0.5) is 5.69 Å². The van der Waals surface area contributed by atoms with Gasteiger partial charge in [0.15, 0.2) is 0 Å². The number of carbonyl (C=O) groups excluding carboxylic acids is 2. The molecule has 106 valence electrons.